The van der Waals surface area contributed by atoms with Gasteiger partial charge in [0.25, 0.3) is 0 Å². The highest BCUT2D eigenvalue weighted by molar-refractivity contribution is 5.96. The van der Waals surface area contributed by atoms with E-state index in [0.717, 1.165) is 49.8 Å². The van der Waals surface area contributed by atoms with Crippen LogP contribution in [0.15, 0.2) is 30.6 Å². The molecule has 7 heteroatoms. The lowest BCUT2D eigenvalue weighted by Gasteiger charge is -2.24. The molecule has 7 nitrogen and oxygen atoms in total. The molecule has 0 saturated carbocycles. The number of hydrogen-bond acceptors (Lipinski definition) is 5. The molecule has 1 atom stereocenters. The van der Waals surface area contributed by atoms with Crippen molar-refractivity contribution in [3.8, 4) is 11.5 Å². The number of hydrogen-bond donors (Lipinski definition) is 0. The van der Waals surface area contributed by atoms with Gasteiger partial charge in [0.15, 0.2) is 11.5 Å². The maximum absolute atomic E-state index is 12.7. The van der Waals surface area contributed by atoms with E-state index in [1.807, 2.05) is 41.0 Å². The number of anilines is 1. The van der Waals surface area contributed by atoms with Gasteiger partial charge in [-0.05, 0) is 25.1 Å². The van der Waals surface area contributed by atoms with Gasteiger partial charge >= 0.3 is 0 Å². The van der Waals surface area contributed by atoms with Gasteiger partial charge in [-0.15, -0.1) is 0 Å². The Morgan fingerprint density at radius 2 is 2.12 bits per heavy atom. The van der Waals surface area contributed by atoms with Crippen molar-refractivity contribution in [3.63, 3.8) is 0 Å². The van der Waals surface area contributed by atoms with Gasteiger partial charge in [-0.25, -0.2) is 0 Å². The minimum Gasteiger partial charge on any atom is -0.454 e. The summed E-state index contributed by atoms with van der Waals surface area (Å²) in [6.45, 7) is 3.90. The number of carbonyl (C=O) groups is 1. The number of rotatable bonds is 3. The summed E-state index contributed by atoms with van der Waals surface area (Å²) in [6, 6.07) is 5.76. The molecule has 0 N–H and O–H groups in total. The molecule has 2 aromatic rings. The molecule has 26 heavy (non-hydrogen) atoms. The summed E-state index contributed by atoms with van der Waals surface area (Å²) >= 11 is 0. The summed E-state index contributed by atoms with van der Waals surface area (Å²) < 4.78 is 12.7. The zero-order chi connectivity index (χ0) is 17.7. The first-order valence-electron chi connectivity index (χ1n) is 9.00. The van der Waals surface area contributed by atoms with Gasteiger partial charge in [-0.3, -0.25) is 14.4 Å². The summed E-state index contributed by atoms with van der Waals surface area (Å²) in [5.41, 5.74) is 2.18. The Labute approximate surface area is 152 Å². The van der Waals surface area contributed by atoms with E-state index in [0.29, 0.717) is 6.42 Å². The van der Waals surface area contributed by atoms with Gasteiger partial charge in [0.2, 0.25) is 12.7 Å². The summed E-state index contributed by atoms with van der Waals surface area (Å²) in [4.78, 5) is 17.1. The summed E-state index contributed by atoms with van der Waals surface area (Å²) in [5.74, 6) is 1.67. The first-order valence-corrected chi connectivity index (χ1v) is 9.00. The van der Waals surface area contributed by atoms with Crippen molar-refractivity contribution in [2.75, 3.05) is 31.3 Å². The molecule has 4 heterocycles. The van der Waals surface area contributed by atoms with Gasteiger partial charge in [-0.1, -0.05) is 0 Å². The highest BCUT2D eigenvalue weighted by atomic mass is 16.7. The third-order valence-corrected chi connectivity index (χ3v) is 5.67. The van der Waals surface area contributed by atoms with Gasteiger partial charge in [-0.2, -0.15) is 5.10 Å². The second-order valence-corrected chi connectivity index (χ2v) is 7.68. The zero-order valence-corrected chi connectivity index (χ0v) is 14.9. The SMILES string of the molecule is Cn1cc(CN2CC[C@]3(CC(=O)N(c4ccc5c(c4)OCO5)C3)C2)cn1. The average Bonchev–Trinajstić information content (AvgIpc) is 3.37. The minimum atomic E-state index is 0.0513. The van der Waals surface area contributed by atoms with Crippen LogP contribution in [0.5, 0.6) is 11.5 Å². The number of ether oxygens (including phenoxy) is 2. The van der Waals surface area contributed by atoms with Gasteiger partial charge in [0, 0.05) is 62.0 Å². The molecular weight excluding hydrogens is 332 g/mol. The zero-order valence-electron chi connectivity index (χ0n) is 14.9. The first-order chi connectivity index (χ1) is 12.6. The predicted molar refractivity (Wildman–Crippen MR) is 95.1 cm³/mol. The Kier molecular flexibility index (Phi) is 3.46. The molecule has 2 fully saturated rings. The largest absolute Gasteiger partial charge is 0.454 e. The van der Waals surface area contributed by atoms with E-state index >= 15 is 0 Å². The molecule has 3 aliphatic heterocycles. The number of aromatic nitrogens is 2. The molecular formula is C19H22N4O3. The molecule has 136 valence electrons. The van der Waals surface area contributed by atoms with E-state index in [-0.39, 0.29) is 18.1 Å². The van der Waals surface area contributed by atoms with Gasteiger partial charge in [0.1, 0.15) is 0 Å². The number of nitrogens with zero attached hydrogens (tertiary/aromatic N) is 4. The maximum Gasteiger partial charge on any atom is 0.231 e. The normalized spacial score (nSPS) is 25.0. The quantitative estimate of drug-likeness (QED) is 0.841. The van der Waals surface area contributed by atoms with Crippen molar-refractivity contribution in [3.05, 3.63) is 36.2 Å². The third-order valence-electron chi connectivity index (χ3n) is 5.67. The number of benzene rings is 1. The maximum atomic E-state index is 12.7. The summed E-state index contributed by atoms with van der Waals surface area (Å²) in [7, 11) is 1.94. The Morgan fingerprint density at radius 1 is 1.23 bits per heavy atom. The molecule has 1 aromatic carbocycles. The molecule has 0 unspecified atom stereocenters. The fraction of sp³-hybridized carbons (Fsp3) is 0.474. The van der Waals surface area contributed by atoms with Crippen molar-refractivity contribution in [1.29, 1.82) is 0 Å². The molecule has 1 aromatic heterocycles. The first kappa shape index (κ1) is 15.7. The Balaban J connectivity index is 1.30. The van der Waals surface area contributed by atoms with Crippen LogP contribution >= 0.6 is 0 Å². The number of amides is 1. The number of aryl methyl sites for hydroxylation is 1. The molecule has 0 aliphatic carbocycles. The Bertz CT molecular complexity index is 864. The van der Waals surface area contributed by atoms with Crippen molar-refractivity contribution in [1.82, 2.24) is 14.7 Å². The lowest BCUT2D eigenvalue weighted by Crippen LogP contribution is -2.31. The smallest absolute Gasteiger partial charge is 0.231 e. The molecule has 0 bridgehead atoms. The number of fused-ring (bicyclic) bond motifs is 1. The Morgan fingerprint density at radius 3 is 2.96 bits per heavy atom. The van der Waals surface area contributed by atoms with E-state index in [9.17, 15) is 4.79 Å². The van der Waals surface area contributed by atoms with Crippen molar-refractivity contribution in [2.24, 2.45) is 12.5 Å². The number of carbonyl (C=O) groups excluding carboxylic acids is 1. The summed E-state index contributed by atoms with van der Waals surface area (Å²) in [5, 5.41) is 4.25. The van der Waals surface area contributed by atoms with Crippen LogP contribution < -0.4 is 14.4 Å². The van der Waals surface area contributed by atoms with Crippen LogP contribution in [-0.2, 0) is 18.4 Å². The van der Waals surface area contributed by atoms with Crippen molar-refractivity contribution >= 4 is 11.6 Å². The van der Waals surface area contributed by atoms with Crippen LogP contribution in [0.1, 0.15) is 18.4 Å². The predicted octanol–water partition coefficient (Wildman–Crippen LogP) is 1.78. The van der Waals surface area contributed by atoms with E-state index in [1.165, 1.54) is 5.56 Å². The van der Waals surface area contributed by atoms with Crippen LogP contribution in [0.3, 0.4) is 0 Å². The lowest BCUT2D eigenvalue weighted by molar-refractivity contribution is -0.117. The van der Waals surface area contributed by atoms with E-state index in [4.69, 9.17) is 9.47 Å². The molecule has 5 rings (SSSR count). The molecule has 2 saturated heterocycles. The Hall–Kier alpha value is -2.54. The molecule has 1 amide bonds. The second-order valence-electron chi connectivity index (χ2n) is 7.68. The topological polar surface area (TPSA) is 59.8 Å². The van der Waals surface area contributed by atoms with Crippen molar-refractivity contribution < 1.29 is 14.3 Å². The van der Waals surface area contributed by atoms with Crippen LogP contribution in [0.2, 0.25) is 0 Å². The summed E-state index contributed by atoms with van der Waals surface area (Å²) in [6.07, 6.45) is 5.65. The minimum absolute atomic E-state index is 0.0513. The average molecular weight is 354 g/mol. The van der Waals surface area contributed by atoms with E-state index in [1.54, 1.807) is 0 Å². The lowest BCUT2D eigenvalue weighted by atomic mass is 9.86. The van der Waals surface area contributed by atoms with Crippen LogP contribution in [0.4, 0.5) is 5.69 Å². The molecule has 3 aliphatic rings. The van der Waals surface area contributed by atoms with E-state index in [2.05, 4.69) is 16.2 Å². The third kappa shape index (κ3) is 2.63. The highest BCUT2D eigenvalue weighted by Crippen LogP contribution is 2.44. The van der Waals surface area contributed by atoms with Crippen LogP contribution in [-0.4, -0.2) is 47.0 Å². The number of likely N-dealkylation sites (tertiary alicyclic amines) is 1. The standard InChI is InChI=1S/C19H22N4O3/c1-21-9-14(8-20-21)10-22-5-4-19(11-22)7-18(24)23(12-19)15-2-3-16-17(6-15)26-13-25-16/h2-3,6,8-9H,4-5,7,10-13H2,1H3/t19-/m0/s1. The van der Waals surface area contributed by atoms with Gasteiger partial charge in [0.05, 0.1) is 6.20 Å². The van der Waals surface area contributed by atoms with Crippen LogP contribution in [0, 0.1) is 5.41 Å². The van der Waals surface area contributed by atoms with E-state index < -0.39 is 0 Å². The molecule has 1 spiro atoms. The fourth-order valence-electron chi connectivity index (χ4n) is 4.43. The highest BCUT2D eigenvalue weighted by Gasteiger charge is 2.47. The second kappa shape index (κ2) is 5.74. The monoisotopic (exact) mass is 354 g/mol. The molecule has 0 radical (unpaired) electrons. The fourth-order valence-corrected chi connectivity index (χ4v) is 4.43. The van der Waals surface area contributed by atoms with Gasteiger partial charge < -0.3 is 14.4 Å². The van der Waals surface area contributed by atoms with Crippen LogP contribution in [0.25, 0.3) is 0 Å². The van der Waals surface area contributed by atoms with Crippen molar-refractivity contribution in [2.45, 2.75) is 19.4 Å².